The lowest BCUT2D eigenvalue weighted by Crippen LogP contribution is -2.17. The summed E-state index contributed by atoms with van der Waals surface area (Å²) in [7, 11) is 0. The fraction of sp³-hybridized carbons (Fsp3) is 0.714. The molecule has 0 aromatic carbocycles. The number of rotatable bonds is 4. The molecule has 0 heterocycles. The Bertz CT molecular complexity index is 186. The predicted octanol–water partition coefficient (Wildman–Crippen LogP) is 1.87. The van der Waals surface area contributed by atoms with Crippen molar-refractivity contribution in [2.45, 2.75) is 32.8 Å². The van der Waals surface area contributed by atoms with E-state index in [1.807, 2.05) is 13.8 Å². The lowest BCUT2D eigenvalue weighted by Gasteiger charge is -2.09. The fourth-order valence-corrected chi connectivity index (χ4v) is 0.616. The van der Waals surface area contributed by atoms with Crippen molar-refractivity contribution in [3.63, 3.8) is 0 Å². The second-order valence-corrected chi connectivity index (χ2v) is 2.30. The highest BCUT2D eigenvalue weighted by Gasteiger charge is 2.13. The molecule has 82 valence electrons. The van der Waals surface area contributed by atoms with E-state index in [0.717, 1.165) is 0 Å². The van der Waals surface area contributed by atoms with Crippen LogP contribution in [-0.2, 0) is 19.6 Å². The lowest BCUT2D eigenvalue weighted by atomic mass is 10.2. The summed E-state index contributed by atoms with van der Waals surface area (Å²) in [5.74, 6) is 0. The van der Waals surface area contributed by atoms with Gasteiger partial charge in [-0.25, -0.2) is 4.79 Å². The van der Waals surface area contributed by atoms with Crippen molar-refractivity contribution in [3.05, 3.63) is 0 Å². The molecule has 0 aromatic heterocycles. The first-order chi connectivity index (χ1) is 6.60. The Balaban J connectivity index is 3.57. The maximum Gasteiger partial charge on any atom is 0.582 e. The van der Waals surface area contributed by atoms with E-state index in [1.54, 1.807) is 0 Å². The molecule has 7 nitrogen and oxygen atoms in total. The zero-order chi connectivity index (χ0) is 11.0. The van der Waals surface area contributed by atoms with Crippen molar-refractivity contribution < 1.29 is 34.2 Å². The molecule has 0 aliphatic carbocycles. The van der Waals surface area contributed by atoms with Crippen LogP contribution in [-0.4, -0.2) is 23.5 Å². The van der Waals surface area contributed by atoms with Gasteiger partial charge in [0.05, 0.1) is 0 Å². The summed E-state index contributed by atoms with van der Waals surface area (Å²) < 4.78 is 0. The van der Waals surface area contributed by atoms with Crippen molar-refractivity contribution in [3.8, 4) is 0 Å². The summed E-state index contributed by atoms with van der Waals surface area (Å²) in [4.78, 5) is 36.1. The Morgan fingerprint density at radius 1 is 1.14 bits per heavy atom. The van der Waals surface area contributed by atoms with Gasteiger partial charge in [0, 0.05) is 0 Å². The second-order valence-electron chi connectivity index (χ2n) is 2.30. The van der Waals surface area contributed by atoms with E-state index in [1.165, 1.54) is 0 Å². The Kier molecular flexibility index (Phi) is 6.21. The summed E-state index contributed by atoms with van der Waals surface area (Å²) in [5.41, 5.74) is 0. The van der Waals surface area contributed by atoms with E-state index in [4.69, 9.17) is 5.11 Å². The molecule has 14 heavy (non-hydrogen) atoms. The summed E-state index contributed by atoms with van der Waals surface area (Å²) in [6, 6.07) is 0. The standard InChI is InChI=1S/C7H12O7/c1-3-5(4-2)11-13-7(10)14-12-6(8)9/h5H,3-4H2,1-2H3,(H,8,9). The van der Waals surface area contributed by atoms with Gasteiger partial charge in [0.15, 0.2) is 0 Å². The average molecular weight is 208 g/mol. The molecule has 0 rings (SSSR count). The van der Waals surface area contributed by atoms with Gasteiger partial charge in [0.25, 0.3) is 0 Å². The predicted molar refractivity (Wildman–Crippen MR) is 42.1 cm³/mol. The highest BCUT2D eigenvalue weighted by Crippen LogP contribution is 2.03. The molecule has 0 atom stereocenters. The SMILES string of the molecule is CCC(CC)OOC(=O)OOC(=O)O. The van der Waals surface area contributed by atoms with E-state index in [0.29, 0.717) is 12.8 Å². The van der Waals surface area contributed by atoms with Crippen LogP contribution in [0.1, 0.15) is 26.7 Å². The van der Waals surface area contributed by atoms with Gasteiger partial charge in [0.1, 0.15) is 6.10 Å². The minimum absolute atomic E-state index is 0.243. The Morgan fingerprint density at radius 2 is 1.71 bits per heavy atom. The van der Waals surface area contributed by atoms with Gasteiger partial charge >= 0.3 is 12.3 Å². The van der Waals surface area contributed by atoms with Crippen molar-refractivity contribution in [2.24, 2.45) is 0 Å². The van der Waals surface area contributed by atoms with E-state index < -0.39 is 12.3 Å². The van der Waals surface area contributed by atoms with Crippen LogP contribution >= 0.6 is 0 Å². The highest BCUT2D eigenvalue weighted by atomic mass is 17.3. The third-order valence-electron chi connectivity index (χ3n) is 1.34. The van der Waals surface area contributed by atoms with E-state index in [-0.39, 0.29) is 6.10 Å². The normalized spacial score (nSPS) is 9.64. The van der Waals surface area contributed by atoms with Crippen LogP contribution in [0.4, 0.5) is 9.59 Å². The van der Waals surface area contributed by atoms with Gasteiger partial charge in [-0.2, -0.15) is 19.5 Å². The summed E-state index contributed by atoms with van der Waals surface area (Å²) >= 11 is 0. The van der Waals surface area contributed by atoms with Gasteiger partial charge in [-0.15, -0.1) is 0 Å². The molecule has 0 spiro atoms. The quantitative estimate of drug-likeness (QED) is 0.556. The zero-order valence-corrected chi connectivity index (χ0v) is 7.89. The van der Waals surface area contributed by atoms with Crippen molar-refractivity contribution in [2.75, 3.05) is 0 Å². The summed E-state index contributed by atoms with van der Waals surface area (Å²) in [6.07, 6.45) is -2.04. The monoisotopic (exact) mass is 208 g/mol. The largest absolute Gasteiger partial charge is 0.582 e. The molecule has 1 N–H and O–H groups in total. The molecule has 0 fully saturated rings. The topological polar surface area (TPSA) is 91.3 Å². The highest BCUT2D eigenvalue weighted by molar-refractivity contribution is 5.61. The van der Waals surface area contributed by atoms with Gasteiger partial charge in [-0.05, 0) is 12.8 Å². The number of hydrogen-bond acceptors (Lipinski definition) is 6. The minimum atomic E-state index is -1.75. The first-order valence-corrected chi connectivity index (χ1v) is 4.04. The van der Waals surface area contributed by atoms with Crippen molar-refractivity contribution in [1.29, 1.82) is 0 Å². The third-order valence-corrected chi connectivity index (χ3v) is 1.34. The van der Waals surface area contributed by atoms with Crippen LogP contribution in [0.3, 0.4) is 0 Å². The number of hydrogen-bond donors (Lipinski definition) is 1. The number of carboxylic acid groups (broad SMARTS) is 1. The van der Waals surface area contributed by atoms with E-state index >= 15 is 0 Å². The van der Waals surface area contributed by atoms with Gasteiger partial charge in [-0.3, -0.25) is 4.89 Å². The molecular formula is C7H12O7. The maximum absolute atomic E-state index is 10.5. The van der Waals surface area contributed by atoms with Crippen LogP contribution in [0.5, 0.6) is 0 Å². The molecule has 0 saturated carbocycles. The maximum atomic E-state index is 10.5. The van der Waals surface area contributed by atoms with Crippen molar-refractivity contribution in [1.82, 2.24) is 0 Å². The first-order valence-electron chi connectivity index (χ1n) is 4.04. The minimum Gasteiger partial charge on any atom is -0.447 e. The van der Waals surface area contributed by atoms with Gasteiger partial charge < -0.3 is 5.11 Å². The molecule has 0 bridgehead atoms. The molecular weight excluding hydrogens is 196 g/mol. The molecule has 0 aliphatic heterocycles. The van der Waals surface area contributed by atoms with Crippen LogP contribution in [0.25, 0.3) is 0 Å². The summed E-state index contributed by atoms with van der Waals surface area (Å²) in [6.45, 7) is 3.69. The van der Waals surface area contributed by atoms with E-state index in [9.17, 15) is 9.59 Å². The van der Waals surface area contributed by atoms with Crippen LogP contribution in [0.15, 0.2) is 0 Å². The average Bonchev–Trinajstić information content (AvgIpc) is 2.16. The zero-order valence-electron chi connectivity index (χ0n) is 7.89. The van der Waals surface area contributed by atoms with Crippen molar-refractivity contribution >= 4 is 12.3 Å². The van der Waals surface area contributed by atoms with Crippen LogP contribution < -0.4 is 0 Å². The smallest absolute Gasteiger partial charge is 0.447 e. The van der Waals surface area contributed by atoms with E-state index in [2.05, 4.69) is 19.6 Å². The first kappa shape index (κ1) is 12.5. The summed E-state index contributed by atoms with van der Waals surface area (Å²) in [5, 5.41) is 7.94. The third kappa shape index (κ3) is 6.06. The Labute approximate surface area is 80.4 Å². The fourth-order valence-electron chi connectivity index (χ4n) is 0.616. The van der Waals surface area contributed by atoms with Crippen LogP contribution in [0, 0.1) is 0 Å². The lowest BCUT2D eigenvalue weighted by molar-refractivity contribution is -0.321. The van der Waals surface area contributed by atoms with Gasteiger partial charge in [-0.1, -0.05) is 13.8 Å². The molecule has 0 saturated heterocycles. The second kappa shape index (κ2) is 6.96. The van der Waals surface area contributed by atoms with Gasteiger partial charge in [0.2, 0.25) is 0 Å². The molecule has 0 unspecified atom stereocenters. The number of carbonyl (C=O) groups is 2. The molecule has 0 amide bonds. The van der Waals surface area contributed by atoms with Crippen LogP contribution in [0.2, 0.25) is 0 Å². The molecule has 0 aromatic rings. The number of carbonyl (C=O) groups excluding carboxylic acids is 1. The molecule has 0 radical (unpaired) electrons. The molecule has 7 heteroatoms. The Hall–Kier alpha value is -1.50. The molecule has 0 aliphatic rings. The Morgan fingerprint density at radius 3 is 2.14 bits per heavy atom.